The minimum Gasteiger partial charge on any atom is -0.329 e. The highest BCUT2D eigenvalue weighted by atomic mass is 15.2. The lowest BCUT2D eigenvalue weighted by Gasteiger charge is -2.35. The molecule has 1 aliphatic rings. The monoisotopic (exact) mass is 332 g/mol. The largest absolute Gasteiger partial charge is 0.329 e. The number of hydrogen-bond acceptors (Lipinski definition) is 3. The van der Waals surface area contributed by atoms with Gasteiger partial charge in [0.1, 0.15) is 5.82 Å². The molecule has 1 saturated heterocycles. The lowest BCUT2D eigenvalue weighted by molar-refractivity contribution is 0.149. The maximum absolute atomic E-state index is 4.59. The topological polar surface area (TPSA) is 34.0 Å². The Labute approximate surface area is 149 Å². The second-order valence-electron chi connectivity index (χ2n) is 6.66. The number of hydrogen-bond donors (Lipinski definition) is 0. The number of piperidine rings is 1. The lowest BCUT2D eigenvalue weighted by atomic mass is 10.0. The van der Waals surface area contributed by atoms with Gasteiger partial charge in [-0.3, -0.25) is 9.88 Å². The van der Waals surface area contributed by atoms with Crippen LogP contribution in [0.1, 0.15) is 30.9 Å². The van der Waals surface area contributed by atoms with E-state index < -0.39 is 0 Å². The van der Waals surface area contributed by atoms with Crippen LogP contribution in [0.15, 0.2) is 67.3 Å². The average Bonchev–Trinajstić information content (AvgIpc) is 3.16. The van der Waals surface area contributed by atoms with Gasteiger partial charge in [-0.15, -0.1) is 0 Å². The van der Waals surface area contributed by atoms with Crippen LogP contribution in [0.3, 0.4) is 0 Å². The molecule has 2 aromatic heterocycles. The van der Waals surface area contributed by atoms with Crippen LogP contribution < -0.4 is 0 Å². The Hall–Kier alpha value is -2.46. The molecule has 0 spiro atoms. The molecule has 25 heavy (non-hydrogen) atoms. The predicted molar refractivity (Wildman–Crippen MR) is 100 cm³/mol. The summed E-state index contributed by atoms with van der Waals surface area (Å²) in [5, 5.41) is 0. The van der Waals surface area contributed by atoms with Gasteiger partial charge in [-0.2, -0.15) is 0 Å². The smallest absolute Gasteiger partial charge is 0.140 e. The maximum atomic E-state index is 4.59. The number of aromatic nitrogens is 3. The highest BCUT2D eigenvalue weighted by Gasteiger charge is 2.23. The highest BCUT2D eigenvalue weighted by Crippen LogP contribution is 2.28. The molecule has 0 N–H and O–H groups in total. The Morgan fingerprint density at radius 3 is 2.40 bits per heavy atom. The molecule has 1 atom stereocenters. The van der Waals surface area contributed by atoms with Gasteiger partial charge in [0.2, 0.25) is 0 Å². The lowest BCUT2D eigenvalue weighted by Crippen LogP contribution is -2.36. The summed E-state index contributed by atoms with van der Waals surface area (Å²) in [6.45, 7) is 3.28. The summed E-state index contributed by atoms with van der Waals surface area (Å²) in [4.78, 5) is 11.4. The Kier molecular flexibility index (Phi) is 4.89. The van der Waals surface area contributed by atoms with E-state index in [-0.39, 0.29) is 0 Å². The summed E-state index contributed by atoms with van der Waals surface area (Å²) < 4.78 is 2.28. The first-order chi connectivity index (χ1) is 12.4. The summed E-state index contributed by atoms with van der Waals surface area (Å²) in [7, 11) is 0. The molecule has 3 aromatic rings. The molecule has 128 valence electrons. The quantitative estimate of drug-likeness (QED) is 0.703. The van der Waals surface area contributed by atoms with Crippen LogP contribution in [0.25, 0.3) is 11.4 Å². The first-order valence-corrected chi connectivity index (χ1v) is 9.12. The number of nitrogens with zero attached hydrogens (tertiary/aromatic N) is 4. The summed E-state index contributed by atoms with van der Waals surface area (Å²) in [6.07, 6.45) is 11.6. The third-order valence-electron chi connectivity index (χ3n) is 5.04. The molecule has 1 fully saturated rings. The fourth-order valence-corrected chi connectivity index (χ4v) is 3.74. The summed E-state index contributed by atoms with van der Waals surface area (Å²) in [5.41, 5.74) is 2.50. The van der Waals surface area contributed by atoms with Gasteiger partial charge in [0.25, 0.3) is 0 Å². The molecular weight excluding hydrogens is 308 g/mol. The maximum Gasteiger partial charge on any atom is 0.140 e. The van der Waals surface area contributed by atoms with Gasteiger partial charge in [-0.05, 0) is 43.6 Å². The Morgan fingerprint density at radius 1 is 0.880 bits per heavy atom. The van der Waals surface area contributed by atoms with Crippen molar-refractivity contribution >= 4 is 0 Å². The SMILES string of the molecule is c1ccc([C@@H](Cn2ccnc2-c2ccncc2)N2CCCCC2)cc1. The summed E-state index contributed by atoms with van der Waals surface area (Å²) in [6, 6.07) is 15.3. The zero-order chi connectivity index (χ0) is 16.9. The van der Waals surface area contributed by atoms with E-state index in [0.717, 1.165) is 17.9 Å². The van der Waals surface area contributed by atoms with Crippen LogP contribution in [-0.4, -0.2) is 32.5 Å². The van der Waals surface area contributed by atoms with Crippen molar-refractivity contribution in [2.75, 3.05) is 13.1 Å². The van der Waals surface area contributed by atoms with E-state index in [1.54, 1.807) is 0 Å². The van der Waals surface area contributed by atoms with Crippen LogP contribution in [0.2, 0.25) is 0 Å². The van der Waals surface area contributed by atoms with Gasteiger partial charge in [0, 0.05) is 36.9 Å². The average molecular weight is 332 g/mol. The number of rotatable bonds is 5. The van der Waals surface area contributed by atoms with Gasteiger partial charge in [0.15, 0.2) is 0 Å². The van der Waals surface area contributed by atoms with E-state index in [4.69, 9.17) is 0 Å². The van der Waals surface area contributed by atoms with Gasteiger partial charge in [-0.1, -0.05) is 36.8 Å². The molecular formula is C21H24N4. The predicted octanol–water partition coefficient (Wildman–Crippen LogP) is 4.17. The third kappa shape index (κ3) is 3.64. The van der Waals surface area contributed by atoms with Gasteiger partial charge < -0.3 is 4.57 Å². The number of imidazole rings is 1. The van der Waals surface area contributed by atoms with E-state index in [1.807, 2.05) is 30.7 Å². The number of likely N-dealkylation sites (tertiary alicyclic amines) is 1. The molecule has 0 aliphatic carbocycles. The van der Waals surface area contributed by atoms with Crippen LogP contribution in [0.5, 0.6) is 0 Å². The van der Waals surface area contributed by atoms with Crippen molar-refractivity contribution in [3.05, 3.63) is 72.8 Å². The molecule has 1 aromatic carbocycles. The zero-order valence-electron chi connectivity index (χ0n) is 14.5. The van der Waals surface area contributed by atoms with E-state index in [1.165, 1.54) is 37.9 Å². The van der Waals surface area contributed by atoms with E-state index in [0.29, 0.717) is 6.04 Å². The van der Waals surface area contributed by atoms with Crippen molar-refractivity contribution < 1.29 is 0 Å². The van der Waals surface area contributed by atoms with Crippen molar-refractivity contribution in [1.82, 2.24) is 19.4 Å². The fourth-order valence-electron chi connectivity index (χ4n) is 3.74. The number of pyridine rings is 1. The third-order valence-corrected chi connectivity index (χ3v) is 5.04. The molecule has 4 nitrogen and oxygen atoms in total. The van der Waals surface area contributed by atoms with Crippen LogP contribution in [0.4, 0.5) is 0 Å². The molecule has 0 saturated carbocycles. The van der Waals surface area contributed by atoms with Gasteiger partial charge >= 0.3 is 0 Å². The number of benzene rings is 1. The van der Waals surface area contributed by atoms with Crippen molar-refractivity contribution in [1.29, 1.82) is 0 Å². The first-order valence-electron chi connectivity index (χ1n) is 9.12. The van der Waals surface area contributed by atoms with Crippen molar-refractivity contribution in [2.24, 2.45) is 0 Å². The molecule has 0 amide bonds. The van der Waals surface area contributed by atoms with Crippen LogP contribution >= 0.6 is 0 Å². The van der Waals surface area contributed by atoms with Crippen LogP contribution in [-0.2, 0) is 6.54 Å². The second kappa shape index (κ2) is 7.62. The molecule has 4 heteroatoms. The van der Waals surface area contributed by atoms with E-state index in [9.17, 15) is 0 Å². The molecule has 4 rings (SSSR count). The summed E-state index contributed by atoms with van der Waals surface area (Å²) >= 11 is 0. The molecule has 0 radical (unpaired) electrons. The zero-order valence-corrected chi connectivity index (χ0v) is 14.5. The minimum absolute atomic E-state index is 0.385. The van der Waals surface area contributed by atoms with Crippen molar-refractivity contribution in [2.45, 2.75) is 31.8 Å². The molecule has 0 bridgehead atoms. The first kappa shape index (κ1) is 16.0. The Morgan fingerprint density at radius 2 is 1.64 bits per heavy atom. The molecule has 0 unspecified atom stereocenters. The standard InChI is InChI=1S/C21H24N4/c1-3-7-18(8-4-1)20(24-14-5-2-6-15-24)17-25-16-13-23-21(25)19-9-11-22-12-10-19/h1,3-4,7-13,16,20H,2,5-6,14-15,17H2/t20-/m1/s1. The molecule has 1 aliphatic heterocycles. The fraction of sp³-hybridized carbons (Fsp3) is 0.333. The van der Waals surface area contributed by atoms with Gasteiger partial charge in [0.05, 0.1) is 6.04 Å². The highest BCUT2D eigenvalue weighted by molar-refractivity contribution is 5.54. The molecule has 3 heterocycles. The minimum atomic E-state index is 0.385. The van der Waals surface area contributed by atoms with E-state index in [2.05, 4.69) is 56.0 Å². The Balaban J connectivity index is 1.64. The normalized spacial score (nSPS) is 16.6. The summed E-state index contributed by atoms with van der Waals surface area (Å²) in [5.74, 6) is 1.01. The van der Waals surface area contributed by atoms with Crippen LogP contribution in [0, 0.1) is 0 Å². The van der Waals surface area contributed by atoms with Gasteiger partial charge in [-0.25, -0.2) is 4.98 Å². The Bertz CT molecular complexity index is 776. The van der Waals surface area contributed by atoms with Crippen molar-refractivity contribution in [3.8, 4) is 11.4 Å². The van der Waals surface area contributed by atoms with Crippen molar-refractivity contribution in [3.63, 3.8) is 0 Å². The second-order valence-corrected chi connectivity index (χ2v) is 6.66. The van der Waals surface area contributed by atoms with E-state index >= 15 is 0 Å².